The van der Waals surface area contributed by atoms with E-state index in [9.17, 15) is 0 Å². The van der Waals surface area contributed by atoms with Gasteiger partial charge in [-0.2, -0.15) is 0 Å². The van der Waals surface area contributed by atoms with E-state index in [-0.39, 0.29) is 0 Å². The van der Waals surface area contributed by atoms with Crippen LogP contribution in [0, 0.1) is 0 Å². The summed E-state index contributed by atoms with van der Waals surface area (Å²) in [6.07, 6.45) is 2.53. The number of morpholine rings is 1. The molecule has 1 N–H and O–H groups in total. The van der Waals surface area contributed by atoms with Crippen LogP contribution in [0.3, 0.4) is 0 Å². The summed E-state index contributed by atoms with van der Waals surface area (Å²) >= 11 is 0. The van der Waals surface area contributed by atoms with E-state index in [1.807, 2.05) is 0 Å². The number of hydrogen-bond donors (Lipinski definition) is 1. The normalized spacial score (nSPS) is 21.7. The molecular formula is C22H31N3O. The van der Waals surface area contributed by atoms with E-state index in [1.165, 1.54) is 42.9 Å². The predicted octanol–water partition coefficient (Wildman–Crippen LogP) is 3.79. The minimum atomic E-state index is 0.441. The summed E-state index contributed by atoms with van der Waals surface area (Å²) in [7, 11) is 0. The molecule has 3 heterocycles. The summed E-state index contributed by atoms with van der Waals surface area (Å²) in [6, 6.07) is 16.0. The van der Waals surface area contributed by atoms with Crippen LogP contribution in [0.15, 0.2) is 42.5 Å². The molecule has 0 bridgehead atoms. The molecule has 1 aromatic carbocycles. The molecule has 26 heavy (non-hydrogen) atoms. The zero-order chi connectivity index (χ0) is 17.8. The first-order valence-corrected chi connectivity index (χ1v) is 10.1. The van der Waals surface area contributed by atoms with Gasteiger partial charge >= 0.3 is 0 Å². The largest absolute Gasteiger partial charge is 0.379 e. The Kier molecular flexibility index (Phi) is 5.73. The number of nitrogens with zero attached hydrogens (tertiary/aromatic N) is 2. The fourth-order valence-electron chi connectivity index (χ4n) is 4.35. The van der Waals surface area contributed by atoms with Crippen LogP contribution >= 0.6 is 0 Å². The lowest BCUT2D eigenvalue weighted by Gasteiger charge is -2.32. The number of aromatic nitrogens is 1. The monoisotopic (exact) mass is 353 g/mol. The van der Waals surface area contributed by atoms with Crippen molar-refractivity contribution in [1.29, 1.82) is 0 Å². The first-order valence-electron chi connectivity index (χ1n) is 10.1. The highest BCUT2D eigenvalue weighted by Gasteiger charge is 2.22. The Morgan fingerprint density at radius 2 is 1.73 bits per heavy atom. The van der Waals surface area contributed by atoms with E-state index < -0.39 is 0 Å². The number of hydrogen-bond acceptors (Lipinski definition) is 3. The maximum absolute atomic E-state index is 5.47. The average Bonchev–Trinajstić information content (AvgIpc) is 3.18. The number of aromatic amines is 1. The van der Waals surface area contributed by atoms with Gasteiger partial charge in [0, 0.05) is 37.1 Å². The van der Waals surface area contributed by atoms with Gasteiger partial charge in [-0.15, -0.1) is 0 Å². The van der Waals surface area contributed by atoms with Crippen LogP contribution in [0.5, 0.6) is 0 Å². The second kappa shape index (κ2) is 8.38. The Balaban J connectivity index is 1.29. The molecule has 0 aliphatic carbocycles. The van der Waals surface area contributed by atoms with Crippen LogP contribution in [0.4, 0.5) is 0 Å². The van der Waals surface area contributed by atoms with Crippen LogP contribution < -0.4 is 0 Å². The molecule has 2 aromatic rings. The van der Waals surface area contributed by atoms with Crippen molar-refractivity contribution in [3.8, 4) is 0 Å². The summed E-state index contributed by atoms with van der Waals surface area (Å²) in [5.74, 6) is 0.730. The lowest BCUT2D eigenvalue weighted by molar-refractivity contribution is 0.0191. The van der Waals surface area contributed by atoms with Crippen molar-refractivity contribution in [1.82, 2.24) is 14.8 Å². The lowest BCUT2D eigenvalue weighted by atomic mass is 9.89. The topological polar surface area (TPSA) is 31.5 Å². The summed E-state index contributed by atoms with van der Waals surface area (Å²) in [5.41, 5.74) is 4.19. The van der Waals surface area contributed by atoms with Crippen LogP contribution in [-0.4, -0.2) is 54.2 Å². The van der Waals surface area contributed by atoms with Crippen LogP contribution in [0.1, 0.15) is 48.7 Å². The minimum absolute atomic E-state index is 0.441. The molecule has 4 rings (SSSR count). The summed E-state index contributed by atoms with van der Waals surface area (Å²) in [5, 5.41) is 0. The van der Waals surface area contributed by atoms with E-state index in [4.69, 9.17) is 4.74 Å². The second-order valence-corrected chi connectivity index (χ2v) is 7.72. The zero-order valence-electron chi connectivity index (χ0n) is 15.9. The fraction of sp³-hybridized carbons (Fsp3) is 0.545. The highest BCUT2D eigenvalue weighted by molar-refractivity contribution is 5.20. The van der Waals surface area contributed by atoms with Gasteiger partial charge in [-0.3, -0.25) is 9.80 Å². The van der Waals surface area contributed by atoms with Crippen molar-refractivity contribution in [3.63, 3.8) is 0 Å². The van der Waals surface area contributed by atoms with Crippen molar-refractivity contribution in [2.75, 3.05) is 39.4 Å². The van der Waals surface area contributed by atoms with E-state index in [1.54, 1.807) is 0 Å². The zero-order valence-corrected chi connectivity index (χ0v) is 15.9. The predicted molar refractivity (Wildman–Crippen MR) is 105 cm³/mol. The Hall–Kier alpha value is -1.62. The number of H-pyrrole nitrogens is 1. The van der Waals surface area contributed by atoms with E-state index in [0.717, 1.165) is 38.8 Å². The summed E-state index contributed by atoms with van der Waals surface area (Å²) < 4.78 is 5.47. The van der Waals surface area contributed by atoms with Gasteiger partial charge in [0.05, 0.1) is 13.2 Å². The number of rotatable bonds is 5. The first kappa shape index (κ1) is 17.8. The Morgan fingerprint density at radius 3 is 2.46 bits per heavy atom. The SMILES string of the molecule is CC(c1ccc(CN2CCC(c3ccccc3)CC2)[nH]1)N1CCOCC1. The third-order valence-corrected chi connectivity index (χ3v) is 6.06. The van der Waals surface area contributed by atoms with Crippen molar-refractivity contribution < 1.29 is 4.74 Å². The third-order valence-electron chi connectivity index (χ3n) is 6.06. The van der Waals surface area contributed by atoms with Crippen LogP contribution in [0.25, 0.3) is 0 Å². The molecule has 1 aromatic heterocycles. The molecule has 2 fully saturated rings. The molecule has 0 saturated carbocycles. The Bertz CT molecular complexity index is 670. The van der Waals surface area contributed by atoms with Crippen molar-refractivity contribution >= 4 is 0 Å². The smallest absolute Gasteiger partial charge is 0.0594 e. The van der Waals surface area contributed by atoms with Crippen molar-refractivity contribution in [3.05, 3.63) is 59.4 Å². The van der Waals surface area contributed by atoms with Crippen molar-refractivity contribution in [2.45, 2.75) is 38.3 Å². The van der Waals surface area contributed by atoms with E-state index in [2.05, 4.69) is 64.2 Å². The van der Waals surface area contributed by atoms with Gasteiger partial charge in [0.2, 0.25) is 0 Å². The summed E-state index contributed by atoms with van der Waals surface area (Å²) in [4.78, 5) is 8.77. The fourth-order valence-corrected chi connectivity index (χ4v) is 4.35. The van der Waals surface area contributed by atoms with Gasteiger partial charge in [0.15, 0.2) is 0 Å². The Labute approximate surface area is 157 Å². The molecule has 0 radical (unpaired) electrons. The molecule has 2 aliphatic heterocycles. The third kappa shape index (κ3) is 4.20. The number of likely N-dealkylation sites (tertiary alicyclic amines) is 1. The second-order valence-electron chi connectivity index (χ2n) is 7.72. The molecule has 2 saturated heterocycles. The molecule has 1 unspecified atom stereocenters. The number of benzene rings is 1. The molecule has 140 valence electrons. The lowest BCUT2D eigenvalue weighted by Crippen LogP contribution is -2.38. The van der Waals surface area contributed by atoms with Gasteiger partial charge in [-0.25, -0.2) is 0 Å². The van der Waals surface area contributed by atoms with Gasteiger partial charge < -0.3 is 9.72 Å². The molecular weight excluding hydrogens is 322 g/mol. The molecule has 4 heteroatoms. The van der Waals surface area contributed by atoms with Crippen molar-refractivity contribution in [2.24, 2.45) is 0 Å². The standard InChI is InChI=1S/C22H31N3O/c1-18(25-13-15-26-16-14-25)22-8-7-21(23-22)17-24-11-9-20(10-12-24)19-5-3-2-4-6-19/h2-8,18,20,23H,9-17H2,1H3. The molecule has 1 atom stereocenters. The molecule has 0 spiro atoms. The molecule has 2 aliphatic rings. The van der Waals surface area contributed by atoms with Gasteiger partial charge in [-0.05, 0) is 56.5 Å². The number of piperidine rings is 1. The highest BCUT2D eigenvalue weighted by atomic mass is 16.5. The molecule has 0 amide bonds. The molecule has 4 nitrogen and oxygen atoms in total. The van der Waals surface area contributed by atoms with Gasteiger partial charge in [-0.1, -0.05) is 30.3 Å². The quantitative estimate of drug-likeness (QED) is 0.887. The van der Waals surface area contributed by atoms with E-state index in [0.29, 0.717) is 6.04 Å². The Morgan fingerprint density at radius 1 is 1.00 bits per heavy atom. The van der Waals surface area contributed by atoms with Crippen LogP contribution in [-0.2, 0) is 11.3 Å². The van der Waals surface area contributed by atoms with Gasteiger partial charge in [0.1, 0.15) is 0 Å². The number of ether oxygens (including phenoxy) is 1. The average molecular weight is 354 g/mol. The highest BCUT2D eigenvalue weighted by Crippen LogP contribution is 2.28. The van der Waals surface area contributed by atoms with Gasteiger partial charge in [0.25, 0.3) is 0 Å². The van der Waals surface area contributed by atoms with E-state index >= 15 is 0 Å². The number of nitrogens with one attached hydrogen (secondary N) is 1. The summed E-state index contributed by atoms with van der Waals surface area (Å²) in [6.45, 7) is 9.48. The maximum atomic E-state index is 5.47. The van der Waals surface area contributed by atoms with Crippen LogP contribution in [0.2, 0.25) is 0 Å². The minimum Gasteiger partial charge on any atom is -0.379 e. The maximum Gasteiger partial charge on any atom is 0.0594 e. The first-order chi connectivity index (χ1) is 12.8.